The first-order valence-corrected chi connectivity index (χ1v) is 10.0. The highest BCUT2D eigenvalue weighted by atomic mass is 79.9. The third kappa shape index (κ3) is 4.07. The summed E-state index contributed by atoms with van der Waals surface area (Å²) in [7, 11) is 0. The van der Waals surface area contributed by atoms with Gasteiger partial charge >= 0.3 is 0 Å². The van der Waals surface area contributed by atoms with Crippen LogP contribution in [-0.2, 0) is 17.8 Å². The fraction of sp³-hybridized carbons (Fsp3) is 0.130. The lowest BCUT2D eigenvalue weighted by molar-refractivity contribution is -0.120. The Morgan fingerprint density at radius 3 is 2.52 bits per heavy atom. The van der Waals surface area contributed by atoms with Crippen LogP contribution in [0.15, 0.2) is 77.3 Å². The minimum Gasteiger partial charge on any atom is -0.322 e. The van der Waals surface area contributed by atoms with E-state index in [1.807, 2.05) is 48.5 Å². The van der Waals surface area contributed by atoms with Crippen LogP contribution in [0.1, 0.15) is 21.5 Å². The van der Waals surface area contributed by atoms with Crippen molar-refractivity contribution in [2.75, 3.05) is 5.32 Å². The number of nitrogens with one attached hydrogen (secondary N) is 1. The number of nitrogens with zero attached hydrogens (tertiary/aromatic N) is 1. The number of carbonyl (C=O) groups excluding carboxylic acids is 2. The molecule has 0 aromatic heterocycles. The van der Waals surface area contributed by atoms with Crippen molar-refractivity contribution in [2.45, 2.75) is 19.0 Å². The standard InChI is InChI=1S/C23H18BrFN2O2/c24-17-10-11-20(19(25)13-17)26-22(28)21(12-15-6-2-1-3-7-15)27-14-16-8-4-5-9-18(16)23(27)29/h1-11,13,21H,12,14H2,(H,26,28). The van der Waals surface area contributed by atoms with Gasteiger partial charge in [-0.2, -0.15) is 0 Å². The van der Waals surface area contributed by atoms with Gasteiger partial charge in [0.15, 0.2) is 0 Å². The molecule has 1 heterocycles. The molecule has 0 spiro atoms. The Morgan fingerprint density at radius 2 is 1.79 bits per heavy atom. The number of halogens is 2. The second-order valence-corrected chi connectivity index (χ2v) is 7.82. The molecule has 4 rings (SSSR count). The van der Waals surface area contributed by atoms with Crippen molar-refractivity contribution in [3.05, 3.63) is 99.8 Å². The number of amides is 2. The lowest BCUT2D eigenvalue weighted by Gasteiger charge is -2.27. The highest BCUT2D eigenvalue weighted by molar-refractivity contribution is 9.10. The molecular formula is C23H18BrFN2O2. The van der Waals surface area contributed by atoms with Gasteiger partial charge in [0, 0.05) is 23.0 Å². The monoisotopic (exact) mass is 452 g/mol. The van der Waals surface area contributed by atoms with Crippen LogP contribution in [0.3, 0.4) is 0 Å². The van der Waals surface area contributed by atoms with Gasteiger partial charge in [-0.05, 0) is 35.4 Å². The van der Waals surface area contributed by atoms with Gasteiger partial charge in [-0.25, -0.2) is 4.39 Å². The van der Waals surface area contributed by atoms with Crippen molar-refractivity contribution in [1.82, 2.24) is 4.90 Å². The molecule has 6 heteroatoms. The molecule has 0 bridgehead atoms. The van der Waals surface area contributed by atoms with E-state index in [0.29, 0.717) is 23.0 Å². The number of hydrogen-bond acceptors (Lipinski definition) is 2. The normalized spacial score (nSPS) is 13.9. The van der Waals surface area contributed by atoms with E-state index in [1.165, 1.54) is 12.1 Å². The zero-order valence-electron chi connectivity index (χ0n) is 15.4. The number of benzene rings is 3. The molecule has 0 aliphatic carbocycles. The molecule has 1 aliphatic heterocycles. The predicted octanol–water partition coefficient (Wildman–Crippen LogP) is 4.79. The summed E-state index contributed by atoms with van der Waals surface area (Å²) in [6.45, 7) is 0.350. The Kier molecular flexibility index (Phi) is 5.45. The zero-order chi connectivity index (χ0) is 20.4. The number of rotatable bonds is 5. The Morgan fingerprint density at radius 1 is 1.07 bits per heavy atom. The Bertz CT molecular complexity index is 1070. The van der Waals surface area contributed by atoms with Crippen LogP contribution in [0.4, 0.5) is 10.1 Å². The third-order valence-corrected chi connectivity index (χ3v) is 5.48. The van der Waals surface area contributed by atoms with Crippen LogP contribution in [0, 0.1) is 5.82 Å². The van der Waals surface area contributed by atoms with E-state index in [0.717, 1.165) is 11.1 Å². The first kappa shape index (κ1) is 19.3. The van der Waals surface area contributed by atoms with Crippen molar-refractivity contribution in [3.63, 3.8) is 0 Å². The van der Waals surface area contributed by atoms with Crippen LogP contribution in [0.5, 0.6) is 0 Å². The van der Waals surface area contributed by atoms with E-state index < -0.39 is 17.8 Å². The van der Waals surface area contributed by atoms with E-state index in [4.69, 9.17) is 0 Å². The Hall–Kier alpha value is -2.99. The Balaban J connectivity index is 1.63. The predicted molar refractivity (Wildman–Crippen MR) is 113 cm³/mol. The molecule has 3 aromatic carbocycles. The molecule has 0 fully saturated rings. The molecule has 146 valence electrons. The number of hydrogen-bond donors (Lipinski definition) is 1. The zero-order valence-corrected chi connectivity index (χ0v) is 17.0. The summed E-state index contributed by atoms with van der Waals surface area (Å²) in [5.74, 6) is -1.15. The van der Waals surface area contributed by atoms with Gasteiger partial charge in [-0.15, -0.1) is 0 Å². The summed E-state index contributed by atoms with van der Waals surface area (Å²) in [5, 5.41) is 2.65. The molecule has 0 saturated carbocycles. The smallest absolute Gasteiger partial charge is 0.255 e. The highest BCUT2D eigenvalue weighted by Gasteiger charge is 2.36. The molecular weight excluding hydrogens is 435 g/mol. The van der Waals surface area contributed by atoms with Crippen LogP contribution in [0.2, 0.25) is 0 Å². The van der Waals surface area contributed by atoms with Gasteiger partial charge in [0.2, 0.25) is 5.91 Å². The number of fused-ring (bicyclic) bond motifs is 1. The minimum absolute atomic E-state index is 0.0837. The van der Waals surface area contributed by atoms with E-state index in [9.17, 15) is 14.0 Å². The third-order valence-electron chi connectivity index (χ3n) is 4.99. The van der Waals surface area contributed by atoms with Crippen LogP contribution in [0.25, 0.3) is 0 Å². The molecule has 4 nitrogen and oxygen atoms in total. The number of anilines is 1. The van der Waals surface area contributed by atoms with E-state index >= 15 is 0 Å². The second kappa shape index (κ2) is 8.17. The Labute approximate surface area is 176 Å². The average Bonchev–Trinajstić information content (AvgIpc) is 3.05. The summed E-state index contributed by atoms with van der Waals surface area (Å²) < 4.78 is 14.8. The summed E-state index contributed by atoms with van der Waals surface area (Å²) in [4.78, 5) is 27.7. The maximum Gasteiger partial charge on any atom is 0.255 e. The van der Waals surface area contributed by atoms with E-state index in [2.05, 4.69) is 21.2 Å². The van der Waals surface area contributed by atoms with Crippen molar-refractivity contribution >= 4 is 33.4 Å². The quantitative estimate of drug-likeness (QED) is 0.604. The van der Waals surface area contributed by atoms with Crippen LogP contribution < -0.4 is 5.32 Å². The van der Waals surface area contributed by atoms with Gasteiger partial charge in [-0.3, -0.25) is 9.59 Å². The highest BCUT2D eigenvalue weighted by Crippen LogP contribution is 2.27. The van der Waals surface area contributed by atoms with Crippen molar-refractivity contribution in [3.8, 4) is 0 Å². The first-order chi connectivity index (χ1) is 14.0. The van der Waals surface area contributed by atoms with Gasteiger partial charge in [-0.1, -0.05) is 64.5 Å². The fourth-order valence-corrected chi connectivity index (χ4v) is 3.85. The molecule has 0 radical (unpaired) electrons. The largest absolute Gasteiger partial charge is 0.322 e. The summed E-state index contributed by atoms with van der Waals surface area (Å²) >= 11 is 3.21. The molecule has 1 atom stereocenters. The average molecular weight is 453 g/mol. The van der Waals surface area contributed by atoms with Gasteiger partial charge in [0.1, 0.15) is 11.9 Å². The van der Waals surface area contributed by atoms with Crippen molar-refractivity contribution < 1.29 is 14.0 Å². The molecule has 1 unspecified atom stereocenters. The topological polar surface area (TPSA) is 49.4 Å². The summed E-state index contributed by atoms with van der Waals surface area (Å²) in [5.41, 5.74) is 2.50. The van der Waals surface area contributed by atoms with E-state index in [-0.39, 0.29) is 11.6 Å². The molecule has 1 aliphatic rings. The first-order valence-electron chi connectivity index (χ1n) is 9.21. The van der Waals surface area contributed by atoms with Crippen LogP contribution >= 0.6 is 15.9 Å². The molecule has 3 aromatic rings. The van der Waals surface area contributed by atoms with Gasteiger partial charge in [0.25, 0.3) is 5.91 Å². The molecule has 29 heavy (non-hydrogen) atoms. The molecule has 1 N–H and O–H groups in total. The second-order valence-electron chi connectivity index (χ2n) is 6.91. The van der Waals surface area contributed by atoms with Gasteiger partial charge < -0.3 is 10.2 Å². The van der Waals surface area contributed by atoms with Crippen molar-refractivity contribution in [1.29, 1.82) is 0 Å². The van der Waals surface area contributed by atoms with Crippen molar-refractivity contribution in [2.24, 2.45) is 0 Å². The summed E-state index contributed by atoms with van der Waals surface area (Å²) in [6, 6.07) is 20.5. The molecule has 2 amide bonds. The van der Waals surface area contributed by atoms with Gasteiger partial charge in [0.05, 0.1) is 5.69 Å². The summed E-state index contributed by atoms with van der Waals surface area (Å²) in [6.07, 6.45) is 0.338. The SMILES string of the molecule is O=C(Nc1ccc(Br)cc1F)C(Cc1ccccc1)N1Cc2ccccc2C1=O. The number of carbonyl (C=O) groups is 2. The lowest BCUT2D eigenvalue weighted by atomic mass is 10.0. The molecule has 0 saturated heterocycles. The lowest BCUT2D eigenvalue weighted by Crippen LogP contribution is -2.45. The minimum atomic E-state index is -0.764. The van der Waals surface area contributed by atoms with E-state index in [1.54, 1.807) is 17.0 Å². The fourth-order valence-electron chi connectivity index (χ4n) is 3.52. The maximum atomic E-state index is 14.2. The van der Waals surface area contributed by atoms with Crippen LogP contribution in [-0.4, -0.2) is 22.8 Å². The maximum absolute atomic E-state index is 14.2.